The van der Waals surface area contributed by atoms with Gasteiger partial charge in [0.1, 0.15) is 5.75 Å². The van der Waals surface area contributed by atoms with E-state index in [0.717, 1.165) is 41.1 Å². The summed E-state index contributed by atoms with van der Waals surface area (Å²) in [5.41, 5.74) is 6.70. The van der Waals surface area contributed by atoms with Crippen LogP contribution in [0.2, 0.25) is 0 Å². The molecule has 0 bridgehead atoms. The molecule has 0 aliphatic heterocycles. The molecule has 1 aromatic rings. The van der Waals surface area contributed by atoms with E-state index >= 15 is 0 Å². The standard InChI is InChI=1S/C20H27N3O2/c1-5-25-18-10-8-17(9-11-18)21-13-20(24)23-22-19-12-16(14(2)3)7-6-15(19)4/h6,8-11,16,21H,2,5,7,12-13H2,1,3-4H3,(H,23,24)/b22-19-/t16-/m0/s1. The summed E-state index contributed by atoms with van der Waals surface area (Å²) in [5, 5.41) is 7.37. The van der Waals surface area contributed by atoms with E-state index in [9.17, 15) is 4.79 Å². The predicted molar refractivity (Wildman–Crippen MR) is 103 cm³/mol. The number of ether oxygens (including phenoxy) is 1. The number of hydrogen-bond donors (Lipinski definition) is 2. The Morgan fingerprint density at radius 2 is 2.08 bits per heavy atom. The minimum absolute atomic E-state index is 0.164. The third-order valence-electron chi connectivity index (χ3n) is 4.23. The van der Waals surface area contributed by atoms with Crippen molar-refractivity contribution in [3.05, 3.63) is 48.1 Å². The Bertz CT molecular complexity index is 675. The molecule has 0 fully saturated rings. The van der Waals surface area contributed by atoms with Gasteiger partial charge in [0, 0.05) is 5.69 Å². The molecular formula is C20H27N3O2. The van der Waals surface area contributed by atoms with E-state index < -0.39 is 0 Å². The maximum Gasteiger partial charge on any atom is 0.259 e. The van der Waals surface area contributed by atoms with Gasteiger partial charge in [-0.3, -0.25) is 4.79 Å². The second-order valence-corrected chi connectivity index (χ2v) is 6.27. The van der Waals surface area contributed by atoms with Crippen LogP contribution in [0.5, 0.6) is 5.75 Å². The van der Waals surface area contributed by atoms with E-state index in [1.165, 1.54) is 0 Å². The SMILES string of the molecule is C=C(C)[C@H]1CC=C(C)/C(=N\NC(=O)CNc2ccc(OCC)cc2)C1. The third-order valence-corrected chi connectivity index (χ3v) is 4.23. The largest absolute Gasteiger partial charge is 0.494 e. The third kappa shape index (κ3) is 5.78. The Morgan fingerprint density at radius 1 is 1.36 bits per heavy atom. The number of nitrogens with zero attached hydrogens (tertiary/aromatic N) is 1. The molecule has 2 N–H and O–H groups in total. The molecule has 0 unspecified atom stereocenters. The van der Waals surface area contributed by atoms with Crippen LogP contribution in [0.1, 0.15) is 33.6 Å². The van der Waals surface area contributed by atoms with Crippen LogP contribution in [0, 0.1) is 5.92 Å². The fourth-order valence-corrected chi connectivity index (χ4v) is 2.61. The number of hydrazone groups is 1. The van der Waals surface area contributed by atoms with E-state index in [2.05, 4.69) is 28.5 Å². The first-order chi connectivity index (χ1) is 12.0. The van der Waals surface area contributed by atoms with Crippen LogP contribution >= 0.6 is 0 Å². The second-order valence-electron chi connectivity index (χ2n) is 6.27. The highest BCUT2D eigenvalue weighted by Crippen LogP contribution is 2.26. The molecule has 5 nitrogen and oxygen atoms in total. The van der Waals surface area contributed by atoms with Gasteiger partial charge < -0.3 is 10.1 Å². The van der Waals surface area contributed by atoms with Crippen molar-refractivity contribution in [2.24, 2.45) is 11.0 Å². The molecule has 1 aromatic carbocycles. The smallest absolute Gasteiger partial charge is 0.259 e. The molecule has 0 saturated heterocycles. The van der Waals surface area contributed by atoms with Crippen molar-refractivity contribution in [3.63, 3.8) is 0 Å². The van der Waals surface area contributed by atoms with Crippen molar-refractivity contribution in [3.8, 4) is 5.75 Å². The summed E-state index contributed by atoms with van der Waals surface area (Å²) in [7, 11) is 0. The van der Waals surface area contributed by atoms with Crippen LogP contribution < -0.4 is 15.5 Å². The molecule has 0 spiro atoms. The number of anilines is 1. The molecule has 1 atom stereocenters. The number of carbonyl (C=O) groups is 1. The molecule has 0 radical (unpaired) electrons. The molecule has 0 aromatic heterocycles. The highest BCUT2D eigenvalue weighted by Gasteiger charge is 2.18. The van der Waals surface area contributed by atoms with Crippen molar-refractivity contribution < 1.29 is 9.53 Å². The molecule has 134 valence electrons. The first-order valence-corrected chi connectivity index (χ1v) is 8.64. The van der Waals surface area contributed by atoms with E-state index in [-0.39, 0.29) is 12.5 Å². The zero-order chi connectivity index (χ0) is 18.2. The fraction of sp³-hybridized carbons (Fsp3) is 0.400. The first-order valence-electron chi connectivity index (χ1n) is 8.64. The van der Waals surface area contributed by atoms with Gasteiger partial charge in [-0.05, 0) is 69.4 Å². The van der Waals surface area contributed by atoms with E-state index in [0.29, 0.717) is 12.5 Å². The lowest BCUT2D eigenvalue weighted by Gasteiger charge is -2.22. The van der Waals surface area contributed by atoms with Gasteiger partial charge in [-0.15, -0.1) is 0 Å². The minimum atomic E-state index is -0.174. The highest BCUT2D eigenvalue weighted by molar-refractivity contribution is 6.01. The van der Waals surface area contributed by atoms with Gasteiger partial charge in [-0.25, -0.2) is 5.43 Å². The summed E-state index contributed by atoms with van der Waals surface area (Å²) >= 11 is 0. The molecule has 2 rings (SSSR count). The summed E-state index contributed by atoms with van der Waals surface area (Å²) in [6.07, 6.45) is 3.98. The Kier molecular flexibility index (Phi) is 6.81. The Morgan fingerprint density at radius 3 is 2.72 bits per heavy atom. The molecule has 0 saturated carbocycles. The molecule has 0 heterocycles. The van der Waals surface area contributed by atoms with E-state index in [4.69, 9.17) is 4.74 Å². The number of allylic oxidation sites excluding steroid dienone is 3. The average Bonchev–Trinajstić information content (AvgIpc) is 2.60. The quantitative estimate of drug-likeness (QED) is 0.584. The maximum absolute atomic E-state index is 12.0. The van der Waals surface area contributed by atoms with Crippen molar-refractivity contribution in [2.75, 3.05) is 18.5 Å². The van der Waals surface area contributed by atoms with E-state index in [1.807, 2.05) is 45.0 Å². The Labute approximate surface area is 149 Å². The molecule has 1 aliphatic rings. The number of hydrogen-bond acceptors (Lipinski definition) is 4. The van der Waals surface area contributed by atoms with Crippen molar-refractivity contribution in [2.45, 2.75) is 33.6 Å². The molecule has 25 heavy (non-hydrogen) atoms. The van der Waals surface area contributed by atoms with Crippen LogP contribution in [0.15, 0.2) is 53.2 Å². The lowest BCUT2D eigenvalue weighted by Crippen LogP contribution is -2.28. The van der Waals surface area contributed by atoms with Gasteiger partial charge in [0.05, 0.1) is 18.9 Å². The molecule has 1 aliphatic carbocycles. The van der Waals surface area contributed by atoms with Gasteiger partial charge >= 0.3 is 0 Å². The number of rotatable bonds is 7. The minimum Gasteiger partial charge on any atom is -0.494 e. The number of carbonyl (C=O) groups excluding carboxylic acids is 1. The normalized spacial score (nSPS) is 18.4. The maximum atomic E-state index is 12.0. The molecule has 1 amide bonds. The van der Waals surface area contributed by atoms with Crippen LogP contribution in [-0.4, -0.2) is 24.8 Å². The van der Waals surface area contributed by atoms with Crippen LogP contribution in [0.25, 0.3) is 0 Å². The molecule has 5 heteroatoms. The number of nitrogens with one attached hydrogen (secondary N) is 2. The van der Waals surface area contributed by atoms with Crippen molar-refractivity contribution in [1.82, 2.24) is 5.43 Å². The summed E-state index contributed by atoms with van der Waals surface area (Å²) in [4.78, 5) is 12.0. The number of amides is 1. The van der Waals surface area contributed by atoms with Crippen LogP contribution in [0.4, 0.5) is 5.69 Å². The van der Waals surface area contributed by atoms with Gasteiger partial charge in [-0.2, -0.15) is 5.10 Å². The topological polar surface area (TPSA) is 62.7 Å². The van der Waals surface area contributed by atoms with E-state index in [1.54, 1.807) is 0 Å². The van der Waals surface area contributed by atoms with Crippen LogP contribution in [-0.2, 0) is 4.79 Å². The average molecular weight is 341 g/mol. The summed E-state index contributed by atoms with van der Waals surface area (Å²) in [6.45, 7) is 10.8. The van der Waals surface area contributed by atoms with Crippen LogP contribution in [0.3, 0.4) is 0 Å². The predicted octanol–water partition coefficient (Wildman–Crippen LogP) is 3.90. The zero-order valence-corrected chi connectivity index (χ0v) is 15.3. The number of benzene rings is 1. The lowest BCUT2D eigenvalue weighted by molar-refractivity contribution is -0.119. The summed E-state index contributed by atoms with van der Waals surface area (Å²) < 4.78 is 5.39. The fourth-order valence-electron chi connectivity index (χ4n) is 2.61. The molecular weight excluding hydrogens is 314 g/mol. The van der Waals surface area contributed by atoms with Gasteiger partial charge in [0.15, 0.2) is 0 Å². The summed E-state index contributed by atoms with van der Waals surface area (Å²) in [6, 6.07) is 7.51. The first kappa shape index (κ1) is 18.8. The van der Waals surface area contributed by atoms with Crippen molar-refractivity contribution >= 4 is 17.3 Å². The second kappa shape index (κ2) is 9.06. The van der Waals surface area contributed by atoms with Crippen molar-refractivity contribution in [1.29, 1.82) is 0 Å². The Balaban J connectivity index is 1.84. The highest BCUT2D eigenvalue weighted by atomic mass is 16.5. The Hall–Kier alpha value is -2.56. The monoisotopic (exact) mass is 341 g/mol. The zero-order valence-electron chi connectivity index (χ0n) is 15.3. The summed E-state index contributed by atoms with van der Waals surface area (Å²) in [5.74, 6) is 1.04. The van der Waals surface area contributed by atoms with Gasteiger partial charge in [0.2, 0.25) is 0 Å². The lowest BCUT2D eigenvalue weighted by atomic mass is 9.85. The van der Waals surface area contributed by atoms with Gasteiger partial charge in [-0.1, -0.05) is 18.2 Å². The van der Waals surface area contributed by atoms with Gasteiger partial charge in [0.25, 0.3) is 5.91 Å².